The van der Waals surface area contributed by atoms with Crippen LogP contribution in [0.2, 0.25) is 5.02 Å². The Balaban J connectivity index is 2.55. The van der Waals surface area contributed by atoms with Crippen LogP contribution in [0.1, 0.15) is 18.4 Å². The second kappa shape index (κ2) is 4.96. The molecule has 0 aliphatic rings. The largest absolute Gasteiger partial charge is 0.481 e. The van der Waals surface area contributed by atoms with Crippen molar-refractivity contribution < 1.29 is 14.3 Å². The van der Waals surface area contributed by atoms with Crippen molar-refractivity contribution in [3.63, 3.8) is 0 Å². The molecule has 1 rings (SSSR count). The molecule has 0 amide bonds. The smallest absolute Gasteiger partial charge is 0.303 e. The highest BCUT2D eigenvalue weighted by Gasteiger charge is 2.04. The molecule has 0 atom stereocenters. The number of carboxylic acid groups (broad SMARTS) is 1. The molecule has 0 saturated carbocycles. The molecule has 1 aromatic carbocycles. The molecule has 76 valence electrons. The summed E-state index contributed by atoms with van der Waals surface area (Å²) in [6, 6.07) is 4.41. The minimum Gasteiger partial charge on any atom is -0.481 e. The molecule has 1 aromatic rings. The summed E-state index contributed by atoms with van der Waals surface area (Å²) in [5.41, 5.74) is 0.510. The topological polar surface area (TPSA) is 37.3 Å². The first-order valence-electron chi connectivity index (χ1n) is 4.25. The lowest BCUT2D eigenvalue weighted by Gasteiger charge is -2.01. The number of benzene rings is 1. The van der Waals surface area contributed by atoms with Gasteiger partial charge in [-0.3, -0.25) is 4.79 Å². The van der Waals surface area contributed by atoms with E-state index in [1.54, 1.807) is 12.1 Å². The van der Waals surface area contributed by atoms with Crippen molar-refractivity contribution in [1.29, 1.82) is 0 Å². The Bertz CT molecular complexity index is 339. The van der Waals surface area contributed by atoms with Gasteiger partial charge in [0.15, 0.2) is 0 Å². The van der Waals surface area contributed by atoms with Crippen LogP contribution in [0.15, 0.2) is 18.2 Å². The van der Waals surface area contributed by atoms with Crippen LogP contribution in [0.5, 0.6) is 0 Å². The van der Waals surface area contributed by atoms with E-state index in [2.05, 4.69) is 0 Å². The van der Waals surface area contributed by atoms with Crippen LogP contribution in [0.4, 0.5) is 4.39 Å². The molecule has 14 heavy (non-hydrogen) atoms. The van der Waals surface area contributed by atoms with E-state index in [1.807, 2.05) is 0 Å². The molecule has 0 fully saturated rings. The van der Waals surface area contributed by atoms with Crippen molar-refractivity contribution in [1.82, 2.24) is 0 Å². The van der Waals surface area contributed by atoms with Gasteiger partial charge in [0.1, 0.15) is 5.82 Å². The molecule has 0 saturated heterocycles. The number of carboxylic acids is 1. The maximum atomic E-state index is 13.1. The minimum absolute atomic E-state index is 0.0576. The maximum absolute atomic E-state index is 13.1. The monoisotopic (exact) mass is 216 g/mol. The summed E-state index contributed by atoms with van der Waals surface area (Å²) < 4.78 is 13.1. The van der Waals surface area contributed by atoms with Crippen molar-refractivity contribution in [2.75, 3.05) is 0 Å². The Kier molecular flexibility index (Phi) is 3.89. The molecule has 0 heterocycles. The van der Waals surface area contributed by atoms with Gasteiger partial charge in [0, 0.05) is 11.4 Å². The zero-order valence-electron chi connectivity index (χ0n) is 7.46. The first-order valence-corrected chi connectivity index (χ1v) is 4.63. The lowest BCUT2D eigenvalue weighted by Crippen LogP contribution is -1.97. The van der Waals surface area contributed by atoms with Gasteiger partial charge >= 0.3 is 5.97 Å². The molecule has 0 bridgehead atoms. The van der Waals surface area contributed by atoms with Crippen LogP contribution < -0.4 is 0 Å². The molecule has 1 N–H and O–H groups in total. The predicted molar refractivity (Wildman–Crippen MR) is 52.0 cm³/mol. The van der Waals surface area contributed by atoms with Crippen molar-refractivity contribution in [3.8, 4) is 0 Å². The van der Waals surface area contributed by atoms with E-state index in [0.29, 0.717) is 23.4 Å². The van der Waals surface area contributed by atoms with Crippen LogP contribution in [-0.4, -0.2) is 11.1 Å². The third kappa shape index (κ3) is 3.34. The molecule has 4 heteroatoms. The van der Waals surface area contributed by atoms with E-state index in [-0.39, 0.29) is 12.2 Å². The lowest BCUT2D eigenvalue weighted by molar-refractivity contribution is -0.137. The van der Waals surface area contributed by atoms with Crippen LogP contribution in [0.3, 0.4) is 0 Å². The second-order valence-electron chi connectivity index (χ2n) is 2.98. The highest BCUT2D eigenvalue weighted by Crippen LogP contribution is 2.16. The Morgan fingerprint density at radius 2 is 2.21 bits per heavy atom. The fourth-order valence-electron chi connectivity index (χ4n) is 1.15. The van der Waals surface area contributed by atoms with Crippen molar-refractivity contribution >= 4 is 17.6 Å². The van der Waals surface area contributed by atoms with Crippen molar-refractivity contribution in [3.05, 3.63) is 34.6 Å². The van der Waals surface area contributed by atoms with Gasteiger partial charge in [-0.2, -0.15) is 0 Å². The van der Waals surface area contributed by atoms with Gasteiger partial charge in [-0.25, -0.2) is 4.39 Å². The Morgan fingerprint density at radius 1 is 1.50 bits per heavy atom. The highest BCUT2D eigenvalue weighted by molar-refractivity contribution is 6.30. The Hall–Kier alpha value is -1.09. The molecule has 0 radical (unpaired) electrons. The zero-order chi connectivity index (χ0) is 10.6. The van der Waals surface area contributed by atoms with Gasteiger partial charge < -0.3 is 5.11 Å². The number of aliphatic carboxylic acids is 1. The summed E-state index contributed by atoms with van der Waals surface area (Å²) in [6.45, 7) is 0. The maximum Gasteiger partial charge on any atom is 0.303 e. The van der Waals surface area contributed by atoms with Gasteiger partial charge in [-0.15, -0.1) is 0 Å². The van der Waals surface area contributed by atoms with Crippen LogP contribution >= 0.6 is 11.6 Å². The number of hydrogen-bond donors (Lipinski definition) is 1. The highest BCUT2D eigenvalue weighted by atomic mass is 35.5. The van der Waals surface area contributed by atoms with E-state index >= 15 is 0 Å². The van der Waals surface area contributed by atoms with E-state index in [4.69, 9.17) is 16.7 Å². The van der Waals surface area contributed by atoms with Crippen molar-refractivity contribution in [2.45, 2.75) is 19.3 Å². The summed E-state index contributed by atoms with van der Waals surface area (Å²) in [6.07, 6.45) is 0.922. The lowest BCUT2D eigenvalue weighted by atomic mass is 10.1. The van der Waals surface area contributed by atoms with Crippen molar-refractivity contribution in [2.24, 2.45) is 0 Å². The van der Waals surface area contributed by atoms with Crippen LogP contribution in [0.25, 0.3) is 0 Å². The van der Waals surface area contributed by atoms with Gasteiger partial charge in [0.05, 0.1) is 0 Å². The quantitative estimate of drug-likeness (QED) is 0.840. The second-order valence-corrected chi connectivity index (χ2v) is 3.42. The van der Waals surface area contributed by atoms with Gasteiger partial charge in [-0.1, -0.05) is 17.7 Å². The fraction of sp³-hybridized carbons (Fsp3) is 0.300. The molecule has 0 aromatic heterocycles. The molecule has 0 aliphatic carbocycles. The zero-order valence-corrected chi connectivity index (χ0v) is 8.22. The van der Waals surface area contributed by atoms with Crippen LogP contribution in [0, 0.1) is 5.82 Å². The summed E-state index contributed by atoms with van der Waals surface area (Å²) >= 11 is 5.57. The summed E-state index contributed by atoms with van der Waals surface area (Å²) in [5.74, 6) is -1.23. The molecular weight excluding hydrogens is 207 g/mol. The van der Waals surface area contributed by atoms with Gasteiger partial charge in [-0.05, 0) is 30.5 Å². The Morgan fingerprint density at radius 3 is 2.79 bits per heavy atom. The molecule has 0 unspecified atom stereocenters. The van der Waals surface area contributed by atoms with E-state index < -0.39 is 5.97 Å². The summed E-state index contributed by atoms with van der Waals surface area (Å²) in [7, 11) is 0. The van der Waals surface area contributed by atoms with Crippen LogP contribution in [-0.2, 0) is 11.2 Å². The number of aryl methyl sites for hydroxylation is 1. The number of rotatable bonds is 4. The average molecular weight is 217 g/mol. The number of carbonyl (C=O) groups is 1. The minimum atomic E-state index is -0.862. The third-order valence-corrected chi connectivity index (χ3v) is 2.09. The molecule has 2 nitrogen and oxygen atoms in total. The van der Waals surface area contributed by atoms with E-state index in [1.165, 1.54) is 6.07 Å². The average Bonchev–Trinajstić information content (AvgIpc) is 2.08. The molecule has 0 aliphatic heterocycles. The standard InChI is InChI=1S/C10H10ClFO2/c11-8-5-4-7(9(12)6-8)2-1-3-10(13)14/h4-6H,1-3H2,(H,13,14). The normalized spacial score (nSPS) is 10.1. The first-order chi connectivity index (χ1) is 6.59. The third-order valence-electron chi connectivity index (χ3n) is 1.85. The predicted octanol–water partition coefficient (Wildman–Crippen LogP) is 2.89. The number of halogens is 2. The fourth-order valence-corrected chi connectivity index (χ4v) is 1.31. The SMILES string of the molecule is O=C(O)CCCc1ccc(Cl)cc1F. The molecular formula is C10H10ClFO2. The summed E-state index contributed by atoms with van der Waals surface area (Å²) in [5, 5.41) is 8.74. The van der Waals surface area contributed by atoms with E-state index in [0.717, 1.165) is 0 Å². The summed E-state index contributed by atoms with van der Waals surface area (Å²) in [4.78, 5) is 10.2. The number of hydrogen-bond acceptors (Lipinski definition) is 1. The van der Waals surface area contributed by atoms with E-state index in [9.17, 15) is 9.18 Å². The Labute approximate surface area is 86.3 Å². The van der Waals surface area contributed by atoms with Gasteiger partial charge in [0.25, 0.3) is 0 Å². The van der Waals surface area contributed by atoms with Gasteiger partial charge in [0.2, 0.25) is 0 Å². The molecule has 0 spiro atoms. The first kappa shape index (κ1) is 11.0.